The first-order valence-electron chi connectivity index (χ1n) is 4.09. The van der Waals surface area contributed by atoms with Gasteiger partial charge in [-0.1, -0.05) is 6.92 Å². The maximum atomic E-state index is 9.59. The van der Waals surface area contributed by atoms with Crippen LogP contribution in [0.25, 0.3) is 0 Å². The first kappa shape index (κ1) is 8.91. The Morgan fingerprint density at radius 3 is 2.33 bits per heavy atom. The average Bonchev–Trinajstić information content (AvgIpc) is 2.02. The lowest BCUT2D eigenvalue weighted by Crippen LogP contribution is -1.90. The van der Waals surface area contributed by atoms with E-state index in [0.717, 1.165) is 23.1 Å². The Morgan fingerprint density at radius 1 is 1.25 bits per heavy atom. The Morgan fingerprint density at radius 2 is 1.83 bits per heavy atom. The van der Waals surface area contributed by atoms with Crippen LogP contribution >= 0.6 is 0 Å². The van der Waals surface area contributed by atoms with E-state index in [1.165, 1.54) is 0 Å². The summed E-state index contributed by atoms with van der Waals surface area (Å²) in [6.07, 6.45) is 0.743. The third kappa shape index (κ3) is 1.24. The van der Waals surface area contributed by atoms with Crippen molar-refractivity contribution in [1.82, 2.24) is 0 Å². The maximum Gasteiger partial charge on any atom is 0.122 e. The summed E-state index contributed by atoms with van der Waals surface area (Å²) in [5.41, 5.74) is 2.35. The predicted molar refractivity (Wildman–Crippen MR) is 48.6 cm³/mol. The van der Waals surface area contributed by atoms with E-state index in [0.29, 0.717) is 5.75 Å². The Kier molecular flexibility index (Phi) is 2.27. The highest BCUT2D eigenvalue weighted by atomic mass is 16.3. The molecule has 0 aliphatic rings. The van der Waals surface area contributed by atoms with Crippen molar-refractivity contribution < 1.29 is 10.2 Å². The highest BCUT2D eigenvalue weighted by molar-refractivity contribution is 5.51. The monoisotopic (exact) mass is 166 g/mol. The van der Waals surface area contributed by atoms with Crippen LogP contribution in [-0.4, -0.2) is 10.2 Å². The molecule has 0 saturated heterocycles. The van der Waals surface area contributed by atoms with Crippen LogP contribution in [0.3, 0.4) is 0 Å². The van der Waals surface area contributed by atoms with Crippen LogP contribution in [0.15, 0.2) is 6.07 Å². The molecule has 1 aromatic rings. The molecule has 0 bridgehead atoms. The minimum atomic E-state index is 0.266. The van der Waals surface area contributed by atoms with E-state index in [-0.39, 0.29) is 5.75 Å². The molecular formula is C10H14O2. The summed E-state index contributed by atoms with van der Waals surface area (Å²) in [7, 11) is 0. The van der Waals surface area contributed by atoms with E-state index in [4.69, 9.17) is 0 Å². The number of hydrogen-bond donors (Lipinski definition) is 2. The van der Waals surface area contributed by atoms with Crippen LogP contribution in [0.2, 0.25) is 0 Å². The number of phenolic OH excluding ortho intramolecular Hbond substituents is 2. The summed E-state index contributed by atoms with van der Waals surface area (Å²) in [5.74, 6) is 0.579. The SMILES string of the molecule is CCc1c(C)c(O)cc(C)c1O. The zero-order valence-electron chi connectivity index (χ0n) is 7.68. The topological polar surface area (TPSA) is 40.5 Å². The lowest BCUT2D eigenvalue weighted by molar-refractivity contribution is 0.447. The van der Waals surface area contributed by atoms with E-state index < -0.39 is 0 Å². The van der Waals surface area contributed by atoms with Crippen LogP contribution in [0.4, 0.5) is 0 Å². The van der Waals surface area contributed by atoms with Crippen molar-refractivity contribution in [2.45, 2.75) is 27.2 Å². The molecule has 2 heteroatoms. The van der Waals surface area contributed by atoms with Gasteiger partial charge >= 0.3 is 0 Å². The zero-order chi connectivity index (χ0) is 9.30. The minimum absolute atomic E-state index is 0.266. The van der Waals surface area contributed by atoms with Gasteiger partial charge in [0, 0.05) is 5.56 Å². The summed E-state index contributed by atoms with van der Waals surface area (Å²) in [4.78, 5) is 0. The lowest BCUT2D eigenvalue weighted by Gasteiger charge is -2.10. The van der Waals surface area contributed by atoms with Crippen molar-refractivity contribution in [2.75, 3.05) is 0 Å². The molecule has 0 radical (unpaired) electrons. The van der Waals surface area contributed by atoms with Gasteiger partial charge in [0.25, 0.3) is 0 Å². The average molecular weight is 166 g/mol. The van der Waals surface area contributed by atoms with Gasteiger partial charge < -0.3 is 10.2 Å². The van der Waals surface area contributed by atoms with Gasteiger partial charge in [-0.2, -0.15) is 0 Å². The van der Waals surface area contributed by atoms with Crippen LogP contribution < -0.4 is 0 Å². The van der Waals surface area contributed by atoms with Gasteiger partial charge in [-0.3, -0.25) is 0 Å². The van der Waals surface area contributed by atoms with Crippen molar-refractivity contribution in [3.8, 4) is 11.5 Å². The zero-order valence-corrected chi connectivity index (χ0v) is 7.68. The van der Waals surface area contributed by atoms with Crippen LogP contribution in [0.5, 0.6) is 11.5 Å². The minimum Gasteiger partial charge on any atom is -0.508 e. The quantitative estimate of drug-likeness (QED) is 0.628. The van der Waals surface area contributed by atoms with E-state index in [2.05, 4.69) is 0 Å². The standard InChI is InChI=1S/C10H14O2/c1-4-8-7(3)9(11)5-6(2)10(8)12/h5,11-12H,4H2,1-3H3. The Bertz CT molecular complexity index is 277. The molecule has 0 saturated carbocycles. The van der Waals surface area contributed by atoms with Gasteiger partial charge in [-0.25, -0.2) is 0 Å². The second kappa shape index (κ2) is 3.05. The third-order valence-electron chi connectivity index (χ3n) is 2.20. The van der Waals surface area contributed by atoms with Gasteiger partial charge in [0.15, 0.2) is 0 Å². The molecule has 0 heterocycles. The summed E-state index contributed by atoms with van der Waals surface area (Å²) in [6.45, 7) is 5.56. The number of rotatable bonds is 1. The normalized spacial score (nSPS) is 10.2. The lowest BCUT2D eigenvalue weighted by atomic mass is 10.0. The molecule has 0 atom stereocenters. The van der Waals surface area contributed by atoms with Crippen molar-refractivity contribution in [1.29, 1.82) is 0 Å². The highest BCUT2D eigenvalue weighted by Crippen LogP contribution is 2.31. The number of aryl methyl sites for hydroxylation is 1. The van der Waals surface area contributed by atoms with Crippen molar-refractivity contribution >= 4 is 0 Å². The van der Waals surface area contributed by atoms with Crippen molar-refractivity contribution in [2.24, 2.45) is 0 Å². The molecule has 1 aromatic carbocycles. The smallest absolute Gasteiger partial charge is 0.122 e. The summed E-state index contributed by atoms with van der Waals surface area (Å²) < 4.78 is 0. The van der Waals surface area contributed by atoms with Crippen LogP contribution in [-0.2, 0) is 6.42 Å². The number of phenols is 2. The first-order chi connectivity index (χ1) is 5.57. The van der Waals surface area contributed by atoms with Gasteiger partial charge in [0.1, 0.15) is 11.5 Å². The fourth-order valence-electron chi connectivity index (χ4n) is 1.38. The Labute approximate surface area is 72.5 Å². The fraction of sp³-hybridized carbons (Fsp3) is 0.400. The molecule has 0 amide bonds. The molecule has 0 unspecified atom stereocenters. The first-order valence-corrected chi connectivity index (χ1v) is 4.09. The molecular weight excluding hydrogens is 152 g/mol. The van der Waals surface area contributed by atoms with E-state index in [1.54, 1.807) is 13.0 Å². The summed E-state index contributed by atoms with van der Waals surface area (Å²) in [6, 6.07) is 1.59. The number of aromatic hydroxyl groups is 2. The Balaban J connectivity index is 3.42. The number of hydrogen-bond acceptors (Lipinski definition) is 2. The van der Waals surface area contributed by atoms with E-state index in [9.17, 15) is 10.2 Å². The molecule has 0 fully saturated rings. The molecule has 2 nitrogen and oxygen atoms in total. The molecule has 0 aliphatic heterocycles. The van der Waals surface area contributed by atoms with Crippen molar-refractivity contribution in [3.63, 3.8) is 0 Å². The fourth-order valence-corrected chi connectivity index (χ4v) is 1.38. The van der Waals surface area contributed by atoms with Gasteiger partial charge in [0.05, 0.1) is 0 Å². The van der Waals surface area contributed by atoms with Crippen LogP contribution in [0.1, 0.15) is 23.6 Å². The molecule has 12 heavy (non-hydrogen) atoms. The van der Waals surface area contributed by atoms with Crippen LogP contribution in [0, 0.1) is 13.8 Å². The maximum absolute atomic E-state index is 9.59. The van der Waals surface area contributed by atoms with E-state index >= 15 is 0 Å². The Hall–Kier alpha value is -1.18. The van der Waals surface area contributed by atoms with Gasteiger partial charge in [0.2, 0.25) is 0 Å². The largest absolute Gasteiger partial charge is 0.508 e. The summed E-state index contributed by atoms with van der Waals surface area (Å²) >= 11 is 0. The second-order valence-electron chi connectivity index (χ2n) is 3.02. The molecule has 66 valence electrons. The molecule has 0 spiro atoms. The second-order valence-corrected chi connectivity index (χ2v) is 3.02. The molecule has 1 rings (SSSR count). The van der Waals surface area contributed by atoms with Gasteiger partial charge in [-0.15, -0.1) is 0 Å². The van der Waals surface area contributed by atoms with E-state index in [1.807, 2.05) is 13.8 Å². The van der Waals surface area contributed by atoms with Crippen molar-refractivity contribution in [3.05, 3.63) is 22.8 Å². The molecule has 0 aromatic heterocycles. The molecule has 2 N–H and O–H groups in total. The summed E-state index contributed by atoms with van der Waals surface area (Å²) in [5, 5.41) is 19.0. The van der Waals surface area contributed by atoms with Gasteiger partial charge in [-0.05, 0) is 37.5 Å². The third-order valence-corrected chi connectivity index (χ3v) is 2.20. The molecule has 0 aliphatic carbocycles. The highest BCUT2D eigenvalue weighted by Gasteiger charge is 2.09. The predicted octanol–water partition coefficient (Wildman–Crippen LogP) is 2.28. The number of benzene rings is 1.